The summed E-state index contributed by atoms with van der Waals surface area (Å²) in [5, 5.41) is 0.603. The van der Waals surface area contributed by atoms with Crippen molar-refractivity contribution in [1.82, 2.24) is 14.5 Å². The van der Waals surface area contributed by atoms with Crippen molar-refractivity contribution >= 4 is 22.7 Å². The van der Waals surface area contributed by atoms with Gasteiger partial charge in [0.1, 0.15) is 11.5 Å². The fraction of sp³-hybridized carbons (Fsp3) is 0.294. The third-order valence-electron chi connectivity index (χ3n) is 4.49. The van der Waals surface area contributed by atoms with Crippen molar-refractivity contribution in [2.45, 2.75) is 0 Å². The molecule has 4 rings (SSSR count). The summed E-state index contributed by atoms with van der Waals surface area (Å²) in [6.45, 7) is 3.08. The van der Waals surface area contributed by atoms with Gasteiger partial charge >= 0.3 is 0 Å². The summed E-state index contributed by atoms with van der Waals surface area (Å²) < 4.78 is 14.9. The molecule has 24 heavy (non-hydrogen) atoms. The van der Waals surface area contributed by atoms with Crippen LogP contribution in [0.4, 0.5) is 16.0 Å². The molecule has 0 atom stereocenters. The molecule has 0 unspecified atom stereocenters. The minimum absolute atomic E-state index is 0.114. The van der Waals surface area contributed by atoms with Crippen LogP contribution in [0.15, 0.2) is 41.3 Å². The highest BCUT2D eigenvalue weighted by Gasteiger charge is 2.20. The van der Waals surface area contributed by atoms with Crippen molar-refractivity contribution in [3.8, 4) is 0 Å². The molecule has 1 fully saturated rings. The smallest absolute Gasteiger partial charge is 0.261 e. The lowest BCUT2D eigenvalue weighted by atomic mass is 10.2. The number of aromatic amines is 1. The number of halogens is 1. The summed E-state index contributed by atoms with van der Waals surface area (Å²) in [5.74, 6) is 0.378. The minimum atomic E-state index is -0.227. The fourth-order valence-electron chi connectivity index (χ4n) is 3.11. The quantitative estimate of drug-likeness (QED) is 0.779. The van der Waals surface area contributed by atoms with E-state index in [4.69, 9.17) is 0 Å². The van der Waals surface area contributed by atoms with E-state index in [1.165, 1.54) is 12.1 Å². The lowest BCUT2D eigenvalue weighted by molar-refractivity contribution is 0.623. The van der Waals surface area contributed by atoms with Crippen molar-refractivity contribution < 1.29 is 4.39 Å². The Kier molecular flexibility index (Phi) is 3.48. The highest BCUT2D eigenvalue weighted by atomic mass is 19.1. The van der Waals surface area contributed by atoms with Crippen LogP contribution in [-0.4, -0.2) is 40.7 Å². The van der Waals surface area contributed by atoms with E-state index >= 15 is 0 Å². The first-order valence-corrected chi connectivity index (χ1v) is 7.92. The molecule has 3 aromatic rings. The van der Waals surface area contributed by atoms with Crippen LogP contribution < -0.4 is 15.4 Å². The number of anilines is 2. The number of H-pyrrole nitrogens is 1. The Bertz CT molecular complexity index is 922. The molecule has 0 bridgehead atoms. The number of nitrogens with one attached hydrogen (secondary N) is 1. The molecule has 0 radical (unpaired) electrons. The van der Waals surface area contributed by atoms with E-state index in [9.17, 15) is 9.18 Å². The summed E-state index contributed by atoms with van der Waals surface area (Å²) in [4.78, 5) is 23.9. The molecule has 7 heteroatoms. The van der Waals surface area contributed by atoms with Crippen LogP contribution in [0.3, 0.4) is 0 Å². The van der Waals surface area contributed by atoms with E-state index in [-0.39, 0.29) is 11.4 Å². The molecule has 1 aromatic carbocycles. The van der Waals surface area contributed by atoms with Gasteiger partial charge in [-0.05, 0) is 30.3 Å². The number of fused-ring (bicyclic) bond motifs is 1. The van der Waals surface area contributed by atoms with Crippen molar-refractivity contribution in [3.63, 3.8) is 0 Å². The molecule has 124 valence electrons. The number of piperazine rings is 1. The van der Waals surface area contributed by atoms with Gasteiger partial charge in [-0.25, -0.2) is 4.39 Å². The van der Waals surface area contributed by atoms with Crippen molar-refractivity contribution in [3.05, 3.63) is 52.7 Å². The highest BCUT2D eigenvalue weighted by Crippen LogP contribution is 2.19. The Morgan fingerprint density at radius 2 is 1.71 bits per heavy atom. The average molecular weight is 327 g/mol. The number of rotatable bonds is 2. The second-order valence-corrected chi connectivity index (χ2v) is 6.00. The molecule has 0 spiro atoms. The maximum absolute atomic E-state index is 13.0. The number of benzene rings is 1. The van der Waals surface area contributed by atoms with E-state index in [2.05, 4.69) is 19.8 Å². The fourth-order valence-corrected chi connectivity index (χ4v) is 3.11. The van der Waals surface area contributed by atoms with Crippen LogP contribution >= 0.6 is 0 Å². The second-order valence-electron chi connectivity index (χ2n) is 6.00. The van der Waals surface area contributed by atoms with Crippen LogP contribution in [0.25, 0.3) is 11.0 Å². The Morgan fingerprint density at radius 3 is 2.42 bits per heavy atom. The van der Waals surface area contributed by atoms with Crippen LogP contribution in [0.5, 0.6) is 0 Å². The molecule has 0 amide bonds. The number of hydrogen-bond donors (Lipinski definition) is 1. The van der Waals surface area contributed by atoms with Gasteiger partial charge in [0.25, 0.3) is 5.56 Å². The van der Waals surface area contributed by atoms with Gasteiger partial charge in [-0.15, -0.1) is 0 Å². The summed E-state index contributed by atoms with van der Waals surface area (Å²) in [7, 11) is 1.88. The maximum atomic E-state index is 13.0. The third kappa shape index (κ3) is 2.51. The number of aromatic nitrogens is 3. The van der Waals surface area contributed by atoms with Crippen LogP contribution in [0, 0.1) is 5.82 Å². The van der Waals surface area contributed by atoms with Crippen LogP contribution in [-0.2, 0) is 7.05 Å². The third-order valence-corrected chi connectivity index (χ3v) is 4.49. The Labute approximate surface area is 138 Å². The predicted molar refractivity (Wildman–Crippen MR) is 92.2 cm³/mol. The largest absolute Gasteiger partial charge is 0.368 e. The Hall–Kier alpha value is -2.83. The maximum Gasteiger partial charge on any atom is 0.261 e. The van der Waals surface area contributed by atoms with Crippen LogP contribution in [0.1, 0.15) is 0 Å². The van der Waals surface area contributed by atoms with Gasteiger partial charge in [-0.3, -0.25) is 9.78 Å². The lowest BCUT2D eigenvalue weighted by Crippen LogP contribution is -2.47. The summed E-state index contributed by atoms with van der Waals surface area (Å²) in [6, 6.07) is 8.31. The van der Waals surface area contributed by atoms with Gasteiger partial charge in [0.15, 0.2) is 0 Å². The zero-order valence-corrected chi connectivity index (χ0v) is 13.4. The standard InChI is InChI=1S/C17H18FN5O/c1-21-7-6-14-15(21)19-17(20-16(14)24)23-10-8-22(9-11-23)13-4-2-12(18)3-5-13/h2-7H,8-11H2,1H3,(H,19,20,24). The molecular formula is C17H18FN5O. The van der Waals surface area contributed by atoms with Gasteiger partial charge in [0, 0.05) is 45.1 Å². The van der Waals surface area contributed by atoms with E-state index in [0.29, 0.717) is 17.0 Å². The van der Waals surface area contributed by atoms with E-state index in [0.717, 1.165) is 31.9 Å². The normalized spacial score (nSPS) is 15.2. The predicted octanol–water partition coefficient (Wildman–Crippen LogP) is 1.73. The molecule has 2 aromatic heterocycles. The van der Waals surface area contributed by atoms with E-state index in [1.807, 2.05) is 17.8 Å². The minimum Gasteiger partial charge on any atom is -0.368 e. The van der Waals surface area contributed by atoms with E-state index in [1.54, 1.807) is 18.2 Å². The van der Waals surface area contributed by atoms with Gasteiger partial charge < -0.3 is 14.4 Å². The van der Waals surface area contributed by atoms with Crippen molar-refractivity contribution in [1.29, 1.82) is 0 Å². The second kappa shape index (κ2) is 5.67. The Balaban J connectivity index is 1.54. The topological polar surface area (TPSA) is 57.2 Å². The zero-order valence-electron chi connectivity index (χ0n) is 13.4. The van der Waals surface area contributed by atoms with Gasteiger partial charge in [0.2, 0.25) is 5.95 Å². The van der Waals surface area contributed by atoms with Crippen LogP contribution in [0.2, 0.25) is 0 Å². The molecule has 1 aliphatic rings. The van der Waals surface area contributed by atoms with Gasteiger partial charge in [0.05, 0.1) is 5.39 Å². The summed E-state index contributed by atoms with van der Waals surface area (Å²) in [6.07, 6.45) is 1.84. The first-order chi connectivity index (χ1) is 11.6. The molecule has 6 nitrogen and oxygen atoms in total. The zero-order chi connectivity index (χ0) is 16.7. The molecule has 0 saturated carbocycles. The SMILES string of the molecule is Cn1ccc2c(=O)[nH]c(N3CCN(c4ccc(F)cc4)CC3)nc21. The summed E-state index contributed by atoms with van der Waals surface area (Å²) in [5.41, 5.74) is 1.58. The van der Waals surface area contributed by atoms with Gasteiger partial charge in [-0.1, -0.05) is 0 Å². The summed E-state index contributed by atoms with van der Waals surface area (Å²) >= 11 is 0. The Morgan fingerprint density at radius 1 is 1.04 bits per heavy atom. The van der Waals surface area contributed by atoms with E-state index < -0.39 is 0 Å². The van der Waals surface area contributed by atoms with Crippen molar-refractivity contribution in [2.75, 3.05) is 36.0 Å². The monoisotopic (exact) mass is 327 g/mol. The van der Waals surface area contributed by atoms with Gasteiger partial charge in [-0.2, -0.15) is 4.98 Å². The van der Waals surface area contributed by atoms with Crippen molar-refractivity contribution in [2.24, 2.45) is 7.05 Å². The first-order valence-electron chi connectivity index (χ1n) is 7.92. The molecule has 0 aliphatic carbocycles. The number of hydrogen-bond acceptors (Lipinski definition) is 4. The molecule has 3 heterocycles. The molecule has 1 aliphatic heterocycles. The number of nitrogens with zero attached hydrogens (tertiary/aromatic N) is 4. The first kappa shape index (κ1) is 14.7. The number of aryl methyl sites for hydroxylation is 1. The highest BCUT2D eigenvalue weighted by molar-refractivity contribution is 5.76. The molecule has 1 saturated heterocycles. The average Bonchev–Trinajstić information content (AvgIpc) is 2.98. The molecular weight excluding hydrogens is 309 g/mol. The lowest BCUT2D eigenvalue weighted by Gasteiger charge is -2.36. The molecule has 1 N–H and O–H groups in total.